The summed E-state index contributed by atoms with van der Waals surface area (Å²) in [6.07, 6.45) is 4.37. The molecule has 2 aromatic carbocycles. The number of hydrogen-bond donors (Lipinski definition) is 2. The van der Waals surface area contributed by atoms with Crippen LogP contribution >= 0.6 is 0 Å². The molecule has 10 nitrogen and oxygen atoms in total. The third kappa shape index (κ3) is 5.90. The van der Waals surface area contributed by atoms with E-state index in [9.17, 15) is 9.59 Å². The first-order valence-electron chi connectivity index (χ1n) is 10.9. The molecule has 1 amide bonds. The Labute approximate surface area is 202 Å². The Hall–Kier alpha value is -4.49. The second-order valence-corrected chi connectivity index (χ2v) is 8.00. The number of nitrogens with zero attached hydrogens (tertiary/aromatic N) is 4. The molecule has 0 saturated carbocycles. The van der Waals surface area contributed by atoms with E-state index in [0.717, 1.165) is 0 Å². The summed E-state index contributed by atoms with van der Waals surface area (Å²) in [6.45, 7) is 3.09. The molecule has 0 radical (unpaired) electrons. The van der Waals surface area contributed by atoms with Crippen molar-refractivity contribution in [3.05, 3.63) is 60.4 Å². The summed E-state index contributed by atoms with van der Waals surface area (Å²) in [5.41, 5.74) is 2.29. The van der Waals surface area contributed by atoms with Gasteiger partial charge in [-0.2, -0.15) is 5.26 Å². The van der Waals surface area contributed by atoms with E-state index in [1.54, 1.807) is 36.4 Å². The number of carbonyl (C=O) groups is 2. The zero-order valence-corrected chi connectivity index (χ0v) is 19.3. The number of methoxy groups -OCH3 is 1. The van der Waals surface area contributed by atoms with E-state index in [1.807, 2.05) is 17.9 Å². The number of morpholine rings is 1. The Balaban J connectivity index is 1.52. The van der Waals surface area contributed by atoms with Gasteiger partial charge in [-0.1, -0.05) is 12.1 Å². The van der Waals surface area contributed by atoms with Gasteiger partial charge >= 0.3 is 5.97 Å². The van der Waals surface area contributed by atoms with Crippen molar-refractivity contribution in [2.45, 2.75) is 13.0 Å². The highest BCUT2D eigenvalue weighted by Crippen LogP contribution is 2.33. The monoisotopic (exact) mass is 472 g/mol. The number of esters is 1. The van der Waals surface area contributed by atoms with Crippen LogP contribution in [0.25, 0.3) is 10.9 Å². The number of aromatic nitrogens is 2. The van der Waals surface area contributed by atoms with Crippen LogP contribution in [0.1, 0.15) is 12.5 Å². The fourth-order valence-corrected chi connectivity index (χ4v) is 3.79. The van der Waals surface area contributed by atoms with E-state index in [1.165, 1.54) is 19.5 Å². The highest BCUT2D eigenvalue weighted by molar-refractivity contribution is 6.03. The molecule has 3 aromatic rings. The maximum atomic E-state index is 12.6. The van der Waals surface area contributed by atoms with Gasteiger partial charge in [-0.3, -0.25) is 14.5 Å². The van der Waals surface area contributed by atoms with Crippen LogP contribution in [0.2, 0.25) is 0 Å². The van der Waals surface area contributed by atoms with Gasteiger partial charge in [0.15, 0.2) is 0 Å². The van der Waals surface area contributed by atoms with E-state index in [-0.39, 0.29) is 24.5 Å². The van der Waals surface area contributed by atoms with E-state index in [4.69, 9.17) is 14.7 Å². The van der Waals surface area contributed by atoms with Gasteiger partial charge in [0.1, 0.15) is 24.0 Å². The van der Waals surface area contributed by atoms with Crippen LogP contribution in [-0.2, 0) is 14.3 Å². The molecule has 1 saturated heterocycles. The van der Waals surface area contributed by atoms with Gasteiger partial charge in [0, 0.05) is 36.3 Å². The fraction of sp³-hybridized carbons (Fsp3) is 0.240. The van der Waals surface area contributed by atoms with Crippen molar-refractivity contribution < 1.29 is 19.1 Å². The number of nitrogens with one attached hydrogen (secondary N) is 2. The smallest absolute Gasteiger partial charge is 0.320 e. The molecule has 1 aliphatic rings. The molecule has 2 heterocycles. The van der Waals surface area contributed by atoms with Crippen molar-refractivity contribution >= 4 is 40.0 Å². The number of ether oxygens (including phenoxy) is 2. The third-order valence-corrected chi connectivity index (χ3v) is 5.30. The van der Waals surface area contributed by atoms with Crippen molar-refractivity contribution in [2.75, 3.05) is 37.4 Å². The first-order valence-corrected chi connectivity index (χ1v) is 10.9. The number of fused-ring (bicyclic) bond motifs is 1. The van der Waals surface area contributed by atoms with Gasteiger partial charge in [0.05, 0.1) is 36.5 Å². The maximum absolute atomic E-state index is 12.6. The summed E-state index contributed by atoms with van der Waals surface area (Å²) >= 11 is 0. The van der Waals surface area contributed by atoms with Crippen LogP contribution in [0.5, 0.6) is 5.75 Å². The average molecular weight is 473 g/mol. The van der Waals surface area contributed by atoms with Gasteiger partial charge < -0.3 is 20.1 Å². The predicted octanol–water partition coefficient (Wildman–Crippen LogP) is 3.00. The normalized spacial score (nSPS) is 16.0. The molecule has 1 fully saturated rings. The Morgan fingerprint density at radius 1 is 1.34 bits per heavy atom. The number of hydrogen-bond acceptors (Lipinski definition) is 9. The van der Waals surface area contributed by atoms with Crippen LogP contribution < -0.4 is 15.4 Å². The number of rotatable bonds is 7. The average Bonchev–Trinajstić information content (AvgIpc) is 2.83. The van der Waals surface area contributed by atoms with E-state index in [0.29, 0.717) is 52.5 Å². The summed E-state index contributed by atoms with van der Waals surface area (Å²) in [5, 5.41) is 15.8. The fourth-order valence-electron chi connectivity index (χ4n) is 3.79. The summed E-state index contributed by atoms with van der Waals surface area (Å²) in [7, 11) is 1.51. The number of nitriles is 1. The molecule has 1 aliphatic heterocycles. The van der Waals surface area contributed by atoms with Crippen molar-refractivity contribution in [2.24, 2.45) is 0 Å². The third-order valence-electron chi connectivity index (χ3n) is 5.30. The van der Waals surface area contributed by atoms with Crippen LogP contribution in [0.3, 0.4) is 0 Å². The lowest BCUT2D eigenvalue weighted by atomic mass is 10.1. The Kier molecular flexibility index (Phi) is 7.18. The predicted molar refractivity (Wildman–Crippen MR) is 130 cm³/mol. The van der Waals surface area contributed by atoms with Gasteiger partial charge in [-0.05, 0) is 31.2 Å². The summed E-state index contributed by atoms with van der Waals surface area (Å²) in [5.74, 6) is 0.352. The highest BCUT2D eigenvalue weighted by Gasteiger charge is 2.22. The van der Waals surface area contributed by atoms with Crippen molar-refractivity contribution in [3.8, 4) is 11.8 Å². The van der Waals surface area contributed by atoms with E-state index >= 15 is 0 Å². The maximum Gasteiger partial charge on any atom is 0.320 e. The van der Waals surface area contributed by atoms with Gasteiger partial charge in [-0.25, -0.2) is 9.97 Å². The summed E-state index contributed by atoms with van der Waals surface area (Å²) < 4.78 is 10.6. The minimum Gasteiger partial charge on any atom is -0.494 e. The minimum atomic E-state index is -0.344. The molecule has 0 unspecified atom stereocenters. The van der Waals surface area contributed by atoms with Crippen molar-refractivity contribution in [3.63, 3.8) is 0 Å². The number of benzene rings is 2. The molecule has 1 aromatic heterocycles. The second-order valence-electron chi connectivity index (χ2n) is 8.00. The van der Waals surface area contributed by atoms with Crippen LogP contribution in [-0.4, -0.2) is 59.6 Å². The molecule has 0 spiro atoms. The van der Waals surface area contributed by atoms with Gasteiger partial charge in [0.25, 0.3) is 0 Å². The lowest BCUT2D eigenvalue weighted by Crippen LogP contribution is -2.44. The number of cyclic esters (lactones) is 1. The van der Waals surface area contributed by atoms with Crippen LogP contribution in [0.15, 0.2) is 54.9 Å². The van der Waals surface area contributed by atoms with Gasteiger partial charge in [0.2, 0.25) is 5.91 Å². The SMILES string of the molecule is COc1cc2ncnc(Nc3cccc(C#N)c3)c2cc1NC(=O)/C=C/CN1CC(=O)O[C@H](C)C1. The van der Waals surface area contributed by atoms with Crippen molar-refractivity contribution in [1.82, 2.24) is 14.9 Å². The highest BCUT2D eigenvalue weighted by atomic mass is 16.5. The standard InChI is InChI=1S/C25H24N6O4/c1-16-13-31(14-24(33)35-16)8-4-7-23(32)30-21-10-19-20(11-22(21)34-2)27-15-28-25(19)29-18-6-3-5-17(9-18)12-26/h3-7,9-11,15-16H,8,13-14H2,1-2H3,(H,30,32)(H,27,28,29)/b7-4+/t16-/m1/s1. The van der Waals surface area contributed by atoms with E-state index in [2.05, 4.69) is 26.7 Å². The summed E-state index contributed by atoms with van der Waals surface area (Å²) in [4.78, 5) is 34.7. The van der Waals surface area contributed by atoms with Crippen LogP contribution in [0, 0.1) is 11.3 Å². The van der Waals surface area contributed by atoms with Crippen molar-refractivity contribution in [1.29, 1.82) is 5.26 Å². The second kappa shape index (κ2) is 10.6. The first-order chi connectivity index (χ1) is 16.9. The number of anilines is 3. The number of carbonyl (C=O) groups excluding carboxylic acids is 2. The van der Waals surface area contributed by atoms with E-state index < -0.39 is 0 Å². The molecule has 10 heteroatoms. The lowest BCUT2D eigenvalue weighted by molar-refractivity contribution is -0.156. The first kappa shape index (κ1) is 23.7. The molecule has 178 valence electrons. The minimum absolute atomic E-state index is 0.173. The Morgan fingerprint density at radius 2 is 2.20 bits per heavy atom. The Bertz CT molecular complexity index is 1330. The lowest BCUT2D eigenvalue weighted by Gasteiger charge is -2.29. The molecular formula is C25H24N6O4. The molecule has 2 N–H and O–H groups in total. The molecule has 35 heavy (non-hydrogen) atoms. The molecule has 4 rings (SSSR count). The summed E-state index contributed by atoms with van der Waals surface area (Å²) in [6, 6.07) is 12.6. The molecule has 0 bridgehead atoms. The molecule has 0 aliphatic carbocycles. The number of amides is 1. The molecule has 1 atom stereocenters. The largest absolute Gasteiger partial charge is 0.494 e. The van der Waals surface area contributed by atoms with Crippen LogP contribution in [0.4, 0.5) is 17.2 Å². The van der Waals surface area contributed by atoms with Gasteiger partial charge in [-0.15, -0.1) is 0 Å². The quantitative estimate of drug-likeness (QED) is 0.394. The molecular weight excluding hydrogens is 448 g/mol. The zero-order valence-electron chi connectivity index (χ0n) is 19.3. The topological polar surface area (TPSA) is 129 Å². The Morgan fingerprint density at radius 3 is 2.97 bits per heavy atom. The zero-order chi connectivity index (χ0) is 24.8.